The molecule has 2 rings (SSSR count). The van der Waals surface area contributed by atoms with Gasteiger partial charge in [0.15, 0.2) is 0 Å². The van der Waals surface area contributed by atoms with E-state index in [1.807, 2.05) is 50.3 Å². The lowest BCUT2D eigenvalue weighted by Crippen LogP contribution is -2.21. The SMILES string of the molecule is C/C=C/c1ccc(O[C@H](C)[C@H](O)c2ccc(O)cc2)cc1. The van der Waals surface area contributed by atoms with Gasteiger partial charge in [-0.2, -0.15) is 0 Å². The zero-order valence-electron chi connectivity index (χ0n) is 12.2. The Morgan fingerprint density at radius 2 is 1.62 bits per heavy atom. The summed E-state index contributed by atoms with van der Waals surface area (Å²) in [5.41, 5.74) is 1.82. The zero-order chi connectivity index (χ0) is 15.2. The van der Waals surface area contributed by atoms with Crippen LogP contribution in [0, 0.1) is 0 Å². The number of aromatic hydroxyl groups is 1. The van der Waals surface area contributed by atoms with Crippen molar-refractivity contribution < 1.29 is 14.9 Å². The number of allylic oxidation sites excluding steroid dienone is 1. The summed E-state index contributed by atoms with van der Waals surface area (Å²) >= 11 is 0. The zero-order valence-corrected chi connectivity index (χ0v) is 12.2. The number of aliphatic hydroxyl groups is 1. The Morgan fingerprint density at radius 3 is 2.19 bits per heavy atom. The molecule has 0 saturated heterocycles. The molecular weight excluding hydrogens is 264 g/mol. The molecule has 2 aromatic rings. The van der Waals surface area contributed by atoms with Crippen LogP contribution in [-0.2, 0) is 0 Å². The van der Waals surface area contributed by atoms with E-state index < -0.39 is 6.10 Å². The van der Waals surface area contributed by atoms with Crippen LogP contribution in [0.5, 0.6) is 11.5 Å². The second-order valence-electron chi connectivity index (χ2n) is 4.93. The van der Waals surface area contributed by atoms with Crippen LogP contribution in [0.15, 0.2) is 54.6 Å². The van der Waals surface area contributed by atoms with Gasteiger partial charge in [-0.15, -0.1) is 0 Å². The summed E-state index contributed by atoms with van der Waals surface area (Å²) in [5.74, 6) is 0.896. The first-order valence-corrected chi connectivity index (χ1v) is 6.96. The molecule has 2 aromatic carbocycles. The first-order valence-electron chi connectivity index (χ1n) is 6.96. The molecule has 0 heterocycles. The lowest BCUT2D eigenvalue weighted by atomic mass is 10.1. The quantitative estimate of drug-likeness (QED) is 0.874. The second-order valence-corrected chi connectivity index (χ2v) is 4.93. The summed E-state index contributed by atoms with van der Waals surface area (Å²) in [6.07, 6.45) is 2.86. The van der Waals surface area contributed by atoms with Crippen molar-refractivity contribution >= 4 is 6.08 Å². The molecule has 0 bridgehead atoms. The molecule has 3 heteroatoms. The number of rotatable bonds is 5. The summed E-state index contributed by atoms with van der Waals surface area (Å²) in [7, 11) is 0. The third-order valence-electron chi connectivity index (χ3n) is 3.24. The van der Waals surface area contributed by atoms with Crippen LogP contribution in [-0.4, -0.2) is 16.3 Å². The number of aliphatic hydroxyl groups excluding tert-OH is 1. The van der Waals surface area contributed by atoms with Crippen LogP contribution in [0.2, 0.25) is 0 Å². The number of ether oxygens (including phenoxy) is 1. The van der Waals surface area contributed by atoms with E-state index in [9.17, 15) is 10.2 Å². The Kier molecular flexibility index (Phi) is 5.01. The molecule has 0 radical (unpaired) electrons. The Hall–Kier alpha value is -2.26. The molecule has 3 nitrogen and oxygen atoms in total. The van der Waals surface area contributed by atoms with Crippen LogP contribution < -0.4 is 4.74 Å². The minimum atomic E-state index is -0.749. The van der Waals surface area contributed by atoms with Gasteiger partial charge in [0.1, 0.15) is 23.7 Å². The Balaban J connectivity index is 2.02. The predicted octanol–water partition coefficient (Wildman–Crippen LogP) is 3.93. The van der Waals surface area contributed by atoms with Crippen LogP contribution in [0.3, 0.4) is 0 Å². The van der Waals surface area contributed by atoms with E-state index >= 15 is 0 Å². The molecular formula is C18H20O3. The normalized spacial score (nSPS) is 14.0. The smallest absolute Gasteiger partial charge is 0.126 e. The molecule has 0 aliphatic rings. The van der Waals surface area contributed by atoms with E-state index in [0.717, 1.165) is 5.56 Å². The maximum atomic E-state index is 10.3. The van der Waals surface area contributed by atoms with Gasteiger partial charge < -0.3 is 14.9 Å². The van der Waals surface area contributed by atoms with E-state index in [1.165, 1.54) is 0 Å². The Morgan fingerprint density at radius 1 is 1.00 bits per heavy atom. The predicted molar refractivity (Wildman–Crippen MR) is 84.3 cm³/mol. The van der Waals surface area contributed by atoms with Crippen molar-refractivity contribution in [2.75, 3.05) is 0 Å². The molecule has 2 atom stereocenters. The monoisotopic (exact) mass is 284 g/mol. The molecule has 110 valence electrons. The fraction of sp³-hybridized carbons (Fsp3) is 0.222. The van der Waals surface area contributed by atoms with Crippen molar-refractivity contribution in [1.29, 1.82) is 0 Å². The molecule has 0 amide bonds. The van der Waals surface area contributed by atoms with Crippen LogP contribution in [0.25, 0.3) is 6.08 Å². The molecule has 2 N–H and O–H groups in total. The van der Waals surface area contributed by atoms with E-state index in [1.54, 1.807) is 24.3 Å². The van der Waals surface area contributed by atoms with E-state index in [0.29, 0.717) is 11.3 Å². The minimum Gasteiger partial charge on any atom is -0.508 e. The van der Waals surface area contributed by atoms with Gasteiger partial charge in [0.25, 0.3) is 0 Å². The summed E-state index contributed by atoms with van der Waals surface area (Å²) in [4.78, 5) is 0. The van der Waals surface area contributed by atoms with E-state index in [4.69, 9.17) is 4.74 Å². The first kappa shape index (κ1) is 15.1. The van der Waals surface area contributed by atoms with Gasteiger partial charge in [0.05, 0.1) is 0 Å². The van der Waals surface area contributed by atoms with Gasteiger partial charge in [-0.3, -0.25) is 0 Å². The summed E-state index contributed by atoms with van der Waals surface area (Å²) < 4.78 is 5.76. The van der Waals surface area contributed by atoms with Gasteiger partial charge in [0, 0.05) is 0 Å². The number of phenols is 1. The molecule has 0 aliphatic heterocycles. The maximum absolute atomic E-state index is 10.3. The average molecular weight is 284 g/mol. The van der Waals surface area contributed by atoms with Crippen molar-refractivity contribution in [2.45, 2.75) is 26.1 Å². The number of benzene rings is 2. The van der Waals surface area contributed by atoms with Gasteiger partial charge in [-0.05, 0) is 49.2 Å². The third-order valence-corrected chi connectivity index (χ3v) is 3.24. The highest BCUT2D eigenvalue weighted by molar-refractivity contribution is 5.50. The number of phenolic OH excluding ortho intramolecular Hbond substituents is 1. The first-order chi connectivity index (χ1) is 10.1. The second kappa shape index (κ2) is 6.95. The molecule has 21 heavy (non-hydrogen) atoms. The number of hydrogen-bond donors (Lipinski definition) is 2. The molecule has 0 unspecified atom stereocenters. The summed E-state index contributed by atoms with van der Waals surface area (Å²) in [6.45, 7) is 3.79. The van der Waals surface area contributed by atoms with Crippen molar-refractivity contribution in [1.82, 2.24) is 0 Å². The fourth-order valence-electron chi connectivity index (χ4n) is 2.07. The lowest BCUT2D eigenvalue weighted by Gasteiger charge is -2.21. The highest BCUT2D eigenvalue weighted by atomic mass is 16.5. The topological polar surface area (TPSA) is 49.7 Å². The molecule has 0 aromatic heterocycles. The van der Waals surface area contributed by atoms with Crippen LogP contribution in [0.1, 0.15) is 31.1 Å². The molecule has 0 fully saturated rings. The third kappa shape index (κ3) is 4.10. The van der Waals surface area contributed by atoms with Crippen molar-refractivity contribution in [3.8, 4) is 11.5 Å². The van der Waals surface area contributed by atoms with Gasteiger partial charge in [0.2, 0.25) is 0 Å². The van der Waals surface area contributed by atoms with Crippen LogP contribution >= 0.6 is 0 Å². The average Bonchev–Trinajstić information content (AvgIpc) is 2.49. The highest BCUT2D eigenvalue weighted by Crippen LogP contribution is 2.23. The summed E-state index contributed by atoms with van der Waals surface area (Å²) in [6, 6.07) is 14.2. The fourth-order valence-corrected chi connectivity index (χ4v) is 2.07. The maximum Gasteiger partial charge on any atom is 0.126 e. The molecule has 0 aliphatic carbocycles. The van der Waals surface area contributed by atoms with Crippen molar-refractivity contribution in [3.63, 3.8) is 0 Å². The number of hydrogen-bond acceptors (Lipinski definition) is 3. The highest BCUT2D eigenvalue weighted by Gasteiger charge is 2.18. The summed E-state index contributed by atoms with van der Waals surface area (Å²) in [5, 5.41) is 19.5. The minimum absolute atomic E-state index is 0.180. The standard InChI is InChI=1S/C18H20O3/c1-3-4-14-5-11-17(12-6-14)21-13(2)18(20)15-7-9-16(19)10-8-15/h3-13,18-20H,1-2H3/b4-3+/t13-,18+/m1/s1. The van der Waals surface area contributed by atoms with Crippen molar-refractivity contribution in [2.24, 2.45) is 0 Å². The van der Waals surface area contributed by atoms with E-state index in [-0.39, 0.29) is 11.9 Å². The lowest BCUT2D eigenvalue weighted by molar-refractivity contribution is 0.0467. The van der Waals surface area contributed by atoms with Crippen molar-refractivity contribution in [3.05, 3.63) is 65.7 Å². The van der Waals surface area contributed by atoms with Gasteiger partial charge >= 0.3 is 0 Å². The van der Waals surface area contributed by atoms with Crippen LogP contribution in [0.4, 0.5) is 0 Å². The van der Waals surface area contributed by atoms with Gasteiger partial charge in [-0.25, -0.2) is 0 Å². The molecule has 0 saturated carbocycles. The Bertz CT molecular complexity index is 585. The van der Waals surface area contributed by atoms with Gasteiger partial charge in [-0.1, -0.05) is 36.4 Å². The largest absolute Gasteiger partial charge is 0.508 e. The molecule has 0 spiro atoms. The van der Waals surface area contributed by atoms with E-state index in [2.05, 4.69) is 0 Å². The Labute approximate surface area is 125 Å².